The number of benzene rings is 1. The molecule has 0 aliphatic rings. The summed E-state index contributed by atoms with van der Waals surface area (Å²) in [5, 5.41) is 0. The number of hydrogen-bond donors (Lipinski definition) is 0. The first kappa shape index (κ1) is 14.5. The minimum Gasteiger partial charge on any atom is -0.501 e. The van der Waals surface area contributed by atoms with Gasteiger partial charge in [0.2, 0.25) is 0 Å². The molecule has 0 spiro atoms. The first-order valence-electron chi connectivity index (χ1n) is 6.18. The molecule has 0 aliphatic heterocycles. The fourth-order valence-corrected chi connectivity index (χ4v) is 1.56. The molecular weight excluding hydrogens is 224 g/mol. The van der Waals surface area contributed by atoms with Crippen LogP contribution in [0.3, 0.4) is 0 Å². The van der Waals surface area contributed by atoms with E-state index in [4.69, 9.17) is 9.47 Å². The molecule has 2 heteroatoms. The average molecular weight is 246 g/mol. The van der Waals surface area contributed by atoms with Crippen LogP contribution in [0.2, 0.25) is 0 Å². The second-order valence-corrected chi connectivity index (χ2v) is 4.38. The predicted molar refractivity (Wildman–Crippen MR) is 77.2 cm³/mol. The Balaban J connectivity index is 2.52. The number of methoxy groups -OCH3 is 1. The Bertz CT molecular complexity index is 402. The summed E-state index contributed by atoms with van der Waals surface area (Å²) in [6, 6.07) is 8.35. The maximum atomic E-state index is 5.47. The van der Waals surface area contributed by atoms with Gasteiger partial charge in [-0.05, 0) is 30.5 Å². The van der Waals surface area contributed by atoms with Crippen LogP contribution in [0.4, 0.5) is 0 Å². The van der Waals surface area contributed by atoms with Gasteiger partial charge in [-0.3, -0.25) is 0 Å². The molecule has 0 N–H and O–H groups in total. The normalized spacial score (nSPS) is 11.4. The van der Waals surface area contributed by atoms with Crippen LogP contribution in [0.5, 0.6) is 0 Å². The minimum absolute atomic E-state index is 0.690. The van der Waals surface area contributed by atoms with Crippen molar-refractivity contribution in [2.45, 2.75) is 20.3 Å². The lowest BCUT2D eigenvalue weighted by molar-refractivity contribution is 0.157. The molecule has 0 aromatic heterocycles. The molecule has 0 radical (unpaired) electrons. The van der Waals surface area contributed by atoms with Crippen molar-refractivity contribution in [3.8, 4) is 0 Å². The molecule has 0 unspecified atom stereocenters. The topological polar surface area (TPSA) is 18.5 Å². The van der Waals surface area contributed by atoms with Crippen LogP contribution in [-0.4, -0.2) is 20.3 Å². The molecule has 0 saturated carbocycles. The lowest BCUT2D eigenvalue weighted by Gasteiger charge is -2.05. The molecule has 18 heavy (non-hydrogen) atoms. The average Bonchev–Trinajstić information content (AvgIpc) is 2.38. The van der Waals surface area contributed by atoms with Gasteiger partial charge in [0.15, 0.2) is 0 Å². The summed E-state index contributed by atoms with van der Waals surface area (Å²) in [4.78, 5) is 0. The van der Waals surface area contributed by atoms with E-state index in [0.29, 0.717) is 6.61 Å². The monoisotopic (exact) mass is 246 g/mol. The van der Waals surface area contributed by atoms with E-state index in [2.05, 4.69) is 30.8 Å². The number of hydrogen-bond acceptors (Lipinski definition) is 2. The third kappa shape index (κ3) is 4.76. The molecule has 0 atom stereocenters. The largest absolute Gasteiger partial charge is 0.501 e. The highest BCUT2D eigenvalue weighted by Gasteiger charge is 1.97. The highest BCUT2D eigenvalue weighted by molar-refractivity contribution is 5.67. The predicted octanol–water partition coefficient (Wildman–Crippen LogP) is 4.13. The molecule has 0 heterocycles. The second-order valence-electron chi connectivity index (χ2n) is 4.38. The lowest BCUT2D eigenvalue weighted by Crippen LogP contribution is -1.95. The van der Waals surface area contributed by atoms with Crippen molar-refractivity contribution >= 4 is 11.1 Å². The van der Waals surface area contributed by atoms with Crippen LogP contribution < -0.4 is 0 Å². The standard InChI is InChI=1S/C16H22O2/c1-13(2)15-6-8-16(9-7-15)14(3)12-18-11-5-10-17-4/h6-9,12H,1,5,10-11H2,2-4H3/b14-12+. The van der Waals surface area contributed by atoms with Crippen molar-refractivity contribution < 1.29 is 9.47 Å². The van der Waals surface area contributed by atoms with Crippen molar-refractivity contribution in [1.82, 2.24) is 0 Å². The Morgan fingerprint density at radius 3 is 2.28 bits per heavy atom. The number of ether oxygens (including phenoxy) is 2. The SMILES string of the molecule is C=C(C)c1ccc(/C(C)=C/OCCCOC)cc1. The minimum atomic E-state index is 0.690. The Labute approximate surface area is 110 Å². The van der Waals surface area contributed by atoms with Crippen molar-refractivity contribution in [3.05, 3.63) is 48.2 Å². The fourth-order valence-electron chi connectivity index (χ4n) is 1.56. The van der Waals surface area contributed by atoms with Gasteiger partial charge < -0.3 is 9.47 Å². The first-order valence-corrected chi connectivity index (χ1v) is 6.18. The van der Waals surface area contributed by atoms with Gasteiger partial charge in [0.1, 0.15) is 0 Å². The fraction of sp³-hybridized carbons (Fsp3) is 0.375. The van der Waals surface area contributed by atoms with Gasteiger partial charge >= 0.3 is 0 Å². The molecule has 1 aromatic carbocycles. The smallest absolute Gasteiger partial charge is 0.0895 e. The maximum absolute atomic E-state index is 5.47. The van der Waals surface area contributed by atoms with E-state index in [1.807, 2.05) is 20.1 Å². The molecule has 2 nitrogen and oxygen atoms in total. The van der Waals surface area contributed by atoms with Crippen LogP contribution in [0.15, 0.2) is 37.1 Å². The summed E-state index contributed by atoms with van der Waals surface area (Å²) in [7, 11) is 1.70. The summed E-state index contributed by atoms with van der Waals surface area (Å²) in [6.07, 6.45) is 2.72. The van der Waals surface area contributed by atoms with E-state index in [9.17, 15) is 0 Å². The third-order valence-electron chi connectivity index (χ3n) is 2.70. The van der Waals surface area contributed by atoms with Crippen molar-refractivity contribution in [3.63, 3.8) is 0 Å². The Hall–Kier alpha value is -1.54. The third-order valence-corrected chi connectivity index (χ3v) is 2.70. The molecular formula is C16H22O2. The van der Waals surface area contributed by atoms with Gasteiger partial charge in [-0.1, -0.05) is 36.4 Å². The van der Waals surface area contributed by atoms with Crippen LogP contribution in [-0.2, 0) is 9.47 Å². The summed E-state index contributed by atoms with van der Waals surface area (Å²) < 4.78 is 10.4. The van der Waals surface area contributed by atoms with Crippen LogP contribution in [0.1, 0.15) is 31.4 Å². The van der Waals surface area contributed by atoms with Gasteiger partial charge in [-0.2, -0.15) is 0 Å². The van der Waals surface area contributed by atoms with E-state index < -0.39 is 0 Å². The van der Waals surface area contributed by atoms with Crippen molar-refractivity contribution in [2.24, 2.45) is 0 Å². The lowest BCUT2D eigenvalue weighted by atomic mass is 10.0. The molecule has 98 valence electrons. The molecule has 0 fully saturated rings. The highest BCUT2D eigenvalue weighted by Crippen LogP contribution is 2.18. The van der Waals surface area contributed by atoms with Gasteiger partial charge in [0.05, 0.1) is 12.9 Å². The van der Waals surface area contributed by atoms with Crippen molar-refractivity contribution in [2.75, 3.05) is 20.3 Å². The first-order chi connectivity index (χ1) is 8.65. The van der Waals surface area contributed by atoms with E-state index in [0.717, 1.165) is 24.2 Å². The highest BCUT2D eigenvalue weighted by atomic mass is 16.5. The zero-order valence-electron chi connectivity index (χ0n) is 11.5. The Morgan fingerprint density at radius 1 is 1.11 bits per heavy atom. The quantitative estimate of drug-likeness (QED) is 0.532. The zero-order valence-corrected chi connectivity index (χ0v) is 11.5. The molecule has 0 aliphatic carbocycles. The Kier molecular flexibility index (Phi) is 6.23. The van der Waals surface area contributed by atoms with E-state index >= 15 is 0 Å². The molecule has 1 aromatic rings. The summed E-state index contributed by atoms with van der Waals surface area (Å²) >= 11 is 0. The van der Waals surface area contributed by atoms with Crippen LogP contribution in [0.25, 0.3) is 11.1 Å². The van der Waals surface area contributed by atoms with Gasteiger partial charge in [-0.15, -0.1) is 0 Å². The van der Waals surface area contributed by atoms with Crippen LogP contribution >= 0.6 is 0 Å². The van der Waals surface area contributed by atoms with Gasteiger partial charge in [0, 0.05) is 20.1 Å². The molecule has 0 bridgehead atoms. The van der Waals surface area contributed by atoms with Crippen LogP contribution in [0, 0.1) is 0 Å². The number of rotatable bonds is 7. The Morgan fingerprint density at radius 2 is 1.72 bits per heavy atom. The number of allylic oxidation sites excluding steroid dienone is 2. The molecule has 1 rings (SSSR count). The molecule has 0 amide bonds. The van der Waals surface area contributed by atoms with E-state index in [1.165, 1.54) is 11.1 Å². The zero-order chi connectivity index (χ0) is 13.4. The second kappa shape index (κ2) is 7.72. The van der Waals surface area contributed by atoms with E-state index in [1.54, 1.807) is 7.11 Å². The summed E-state index contributed by atoms with van der Waals surface area (Å²) in [5.74, 6) is 0. The molecule has 0 saturated heterocycles. The van der Waals surface area contributed by atoms with E-state index in [-0.39, 0.29) is 0 Å². The summed E-state index contributed by atoms with van der Waals surface area (Å²) in [5.41, 5.74) is 4.55. The van der Waals surface area contributed by atoms with Crippen molar-refractivity contribution in [1.29, 1.82) is 0 Å². The van der Waals surface area contributed by atoms with Gasteiger partial charge in [-0.25, -0.2) is 0 Å². The van der Waals surface area contributed by atoms with Gasteiger partial charge in [0.25, 0.3) is 0 Å². The summed E-state index contributed by atoms with van der Waals surface area (Å²) in [6.45, 7) is 9.41. The maximum Gasteiger partial charge on any atom is 0.0895 e.